The molecule has 3 aromatic rings. The van der Waals surface area contributed by atoms with Crippen LogP contribution in [0, 0.1) is 0 Å². The van der Waals surface area contributed by atoms with E-state index in [0.717, 1.165) is 17.6 Å². The number of hydrogen-bond donors (Lipinski definition) is 5. The van der Waals surface area contributed by atoms with Gasteiger partial charge >= 0.3 is 5.69 Å². The van der Waals surface area contributed by atoms with E-state index < -0.39 is 27.2 Å². The Balaban J connectivity index is 1.69. The van der Waals surface area contributed by atoms with E-state index in [2.05, 4.69) is 20.0 Å². The fourth-order valence-electron chi connectivity index (χ4n) is 2.05. The number of hydrogen-bond acceptors (Lipinski definition) is 8. The predicted molar refractivity (Wildman–Crippen MR) is 113 cm³/mol. The van der Waals surface area contributed by atoms with E-state index in [0.29, 0.717) is 5.69 Å². The third-order valence-electron chi connectivity index (χ3n) is 3.34. The van der Waals surface area contributed by atoms with Gasteiger partial charge in [0.25, 0.3) is 15.6 Å². The van der Waals surface area contributed by atoms with E-state index in [-0.39, 0.29) is 20.7 Å². The molecular weight excluding hydrogens is 440 g/mol. The largest absolute Gasteiger partial charge is 0.494 e. The minimum absolute atomic E-state index is 0.0253. The maximum absolute atomic E-state index is 12.3. The van der Waals surface area contributed by atoms with E-state index in [1.165, 1.54) is 30.5 Å². The molecule has 0 aliphatic rings. The van der Waals surface area contributed by atoms with Crippen molar-refractivity contribution in [3.8, 4) is 5.88 Å². The summed E-state index contributed by atoms with van der Waals surface area (Å²) >= 11 is 6.17. The molecule has 2 aromatic heterocycles. The lowest BCUT2D eigenvalue weighted by Gasteiger charge is -2.07. The Morgan fingerprint density at radius 1 is 1.24 bits per heavy atom. The van der Waals surface area contributed by atoms with Gasteiger partial charge in [-0.2, -0.15) is 0 Å². The second-order valence-electron chi connectivity index (χ2n) is 5.33. The van der Waals surface area contributed by atoms with Crippen LogP contribution in [0.25, 0.3) is 0 Å². The Labute approximate surface area is 172 Å². The van der Waals surface area contributed by atoms with Crippen molar-refractivity contribution >= 4 is 55.7 Å². The van der Waals surface area contributed by atoms with Crippen LogP contribution in [0.2, 0.25) is 0 Å². The number of thiazole rings is 1. The topological polar surface area (TPSA) is 169 Å². The number of aromatic amines is 2. The van der Waals surface area contributed by atoms with Crippen molar-refractivity contribution in [3.63, 3.8) is 0 Å². The molecule has 1 aromatic carbocycles. The maximum atomic E-state index is 12.3. The number of benzene rings is 1. The van der Waals surface area contributed by atoms with Crippen molar-refractivity contribution in [1.29, 1.82) is 0 Å². The van der Waals surface area contributed by atoms with Crippen LogP contribution >= 0.6 is 23.6 Å². The zero-order chi connectivity index (χ0) is 21.0. The van der Waals surface area contributed by atoms with Crippen molar-refractivity contribution in [1.82, 2.24) is 15.0 Å². The van der Waals surface area contributed by atoms with Crippen molar-refractivity contribution < 1.29 is 13.5 Å². The van der Waals surface area contributed by atoms with E-state index in [1.807, 2.05) is 9.97 Å². The molecule has 3 rings (SSSR count). The van der Waals surface area contributed by atoms with Gasteiger partial charge < -0.3 is 10.4 Å². The lowest BCUT2D eigenvalue weighted by molar-refractivity contribution is 0.447. The molecule has 0 atom stereocenters. The lowest BCUT2D eigenvalue weighted by Crippen LogP contribution is -2.25. The molecule has 0 radical (unpaired) electrons. The third-order valence-corrected chi connectivity index (χ3v) is 5.72. The summed E-state index contributed by atoms with van der Waals surface area (Å²) in [5.74, 6) is -0.646. The molecule has 0 saturated carbocycles. The summed E-state index contributed by atoms with van der Waals surface area (Å²) in [5, 5.41) is 14.1. The molecule has 0 spiro atoms. The fraction of sp³-hybridized carbons (Fsp3) is 0. The number of nitrogens with zero attached hydrogens (tertiary/aromatic N) is 2. The number of rotatable bonds is 5. The van der Waals surface area contributed by atoms with E-state index in [4.69, 9.17) is 12.2 Å². The van der Waals surface area contributed by atoms with E-state index in [9.17, 15) is 23.1 Å². The number of aromatic nitrogens is 3. The standard InChI is InChI=1S/C15H12N6O5S3/c22-11-10(12(23)20-13(24)19-11)7-17-14(27)18-8-1-3-9(4-2-8)29(25,26)21-15-16-5-6-28-15/h1-7H,(H,16,21)(H,18,27)(H3,19,20,22,23,24)/b17-7+. The molecule has 0 bridgehead atoms. The Bertz CT molecular complexity index is 1280. The molecule has 150 valence electrons. The monoisotopic (exact) mass is 452 g/mol. The molecular formula is C15H12N6O5S3. The molecule has 0 amide bonds. The number of thiocarbonyl (C=S) groups is 1. The highest BCUT2D eigenvalue weighted by Crippen LogP contribution is 2.19. The van der Waals surface area contributed by atoms with Crippen LogP contribution in [0.4, 0.5) is 10.8 Å². The fourth-order valence-corrected chi connectivity index (χ4v) is 4.01. The second kappa shape index (κ2) is 8.34. The Morgan fingerprint density at radius 2 is 1.97 bits per heavy atom. The predicted octanol–water partition coefficient (Wildman–Crippen LogP) is 0.842. The number of nitrogens with one attached hydrogen (secondary N) is 4. The zero-order valence-corrected chi connectivity index (χ0v) is 16.7. The minimum atomic E-state index is -3.78. The van der Waals surface area contributed by atoms with Gasteiger partial charge in [-0.3, -0.25) is 19.5 Å². The lowest BCUT2D eigenvalue weighted by atomic mass is 10.3. The maximum Gasteiger partial charge on any atom is 0.328 e. The molecule has 2 heterocycles. The van der Waals surface area contributed by atoms with Crippen molar-refractivity contribution in [2.24, 2.45) is 4.99 Å². The molecule has 0 aliphatic carbocycles. The summed E-state index contributed by atoms with van der Waals surface area (Å²) in [6.45, 7) is 0. The van der Waals surface area contributed by atoms with Crippen LogP contribution in [0.3, 0.4) is 0 Å². The van der Waals surface area contributed by atoms with Crippen molar-refractivity contribution in [2.75, 3.05) is 10.0 Å². The average molecular weight is 452 g/mol. The summed E-state index contributed by atoms with van der Waals surface area (Å²) in [6, 6.07) is 5.68. The van der Waals surface area contributed by atoms with Crippen LogP contribution in [0.15, 0.2) is 55.3 Å². The molecule has 0 unspecified atom stereocenters. The molecule has 29 heavy (non-hydrogen) atoms. The summed E-state index contributed by atoms with van der Waals surface area (Å²) in [4.78, 5) is 34.3. The quantitative estimate of drug-likeness (QED) is 0.280. The first kappa shape index (κ1) is 20.4. The summed E-state index contributed by atoms with van der Waals surface area (Å²) < 4.78 is 26.9. The van der Waals surface area contributed by atoms with Gasteiger partial charge in [0.2, 0.25) is 5.88 Å². The van der Waals surface area contributed by atoms with Gasteiger partial charge in [-0.1, -0.05) is 0 Å². The first-order valence-electron chi connectivity index (χ1n) is 7.67. The normalized spacial score (nSPS) is 11.4. The van der Waals surface area contributed by atoms with E-state index >= 15 is 0 Å². The minimum Gasteiger partial charge on any atom is -0.494 e. The number of sulfonamides is 1. The van der Waals surface area contributed by atoms with Gasteiger partial charge in [-0.05, 0) is 36.5 Å². The van der Waals surface area contributed by atoms with Gasteiger partial charge in [0.15, 0.2) is 10.2 Å². The van der Waals surface area contributed by atoms with Crippen molar-refractivity contribution in [2.45, 2.75) is 4.90 Å². The summed E-state index contributed by atoms with van der Waals surface area (Å²) in [5.41, 5.74) is -1.52. The molecule has 0 saturated heterocycles. The van der Waals surface area contributed by atoms with Crippen molar-refractivity contribution in [3.05, 3.63) is 62.2 Å². The summed E-state index contributed by atoms with van der Waals surface area (Å²) in [6.07, 6.45) is 2.47. The van der Waals surface area contributed by atoms with Crippen LogP contribution in [0.5, 0.6) is 5.88 Å². The summed E-state index contributed by atoms with van der Waals surface area (Å²) in [7, 11) is -3.78. The first-order chi connectivity index (χ1) is 13.7. The third kappa shape index (κ3) is 5.13. The van der Waals surface area contributed by atoms with Gasteiger partial charge in [0.1, 0.15) is 5.56 Å². The zero-order valence-electron chi connectivity index (χ0n) is 14.2. The average Bonchev–Trinajstić information content (AvgIpc) is 3.13. The van der Waals surface area contributed by atoms with E-state index in [1.54, 1.807) is 5.38 Å². The highest BCUT2D eigenvalue weighted by atomic mass is 32.2. The van der Waals surface area contributed by atoms with Gasteiger partial charge in [0.05, 0.1) is 4.90 Å². The number of aliphatic imine (C=N–C) groups is 1. The van der Waals surface area contributed by atoms with Crippen LogP contribution in [-0.4, -0.2) is 39.8 Å². The number of anilines is 2. The van der Waals surface area contributed by atoms with Crippen LogP contribution in [-0.2, 0) is 10.0 Å². The smallest absolute Gasteiger partial charge is 0.328 e. The highest BCUT2D eigenvalue weighted by molar-refractivity contribution is 7.93. The molecule has 0 fully saturated rings. The Morgan fingerprint density at radius 3 is 2.59 bits per heavy atom. The second-order valence-corrected chi connectivity index (χ2v) is 8.29. The Kier molecular flexibility index (Phi) is 5.86. The highest BCUT2D eigenvalue weighted by Gasteiger charge is 2.15. The molecule has 5 N–H and O–H groups in total. The molecule has 11 nitrogen and oxygen atoms in total. The SMILES string of the molecule is O=c1[nH]c(O)c(/C=N/C(=S)Nc2ccc(S(=O)(=O)Nc3nccs3)cc2)c(=O)[nH]1. The molecule has 14 heteroatoms. The number of aromatic hydroxyl groups is 1. The van der Waals surface area contributed by atoms with Gasteiger partial charge in [0, 0.05) is 23.5 Å². The Hall–Kier alpha value is -3.36. The molecule has 0 aliphatic heterocycles. The van der Waals surface area contributed by atoms with Gasteiger partial charge in [-0.15, -0.1) is 11.3 Å². The number of H-pyrrole nitrogens is 2. The van der Waals surface area contributed by atoms with Crippen LogP contribution in [0.1, 0.15) is 5.56 Å². The van der Waals surface area contributed by atoms with Gasteiger partial charge in [-0.25, -0.2) is 23.2 Å². The van der Waals surface area contributed by atoms with Crippen LogP contribution < -0.4 is 21.3 Å². The first-order valence-corrected chi connectivity index (χ1v) is 10.4.